The first-order chi connectivity index (χ1) is 10.0. The second-order valence-corrected chi connectivity index (χ2v) is 4.90. The van der Waals surface area contributed by atoms with Crippen molar-refractivity contribution in [2.24, 2.45) is 0 Å². The molecular formula is C13H8N2O5S. The zero-order valence-electron chi connectivity index (χ0n) is 10.4. The molecule has 0 saturated carbocycles. The van der Waals surface area contributed by atoms with Crippen LogP contribution in [0, 0.1) is 10.1 Å². The van der Waals surface area contributed by atoms with Crippen molar-refractivity contribution in [3.8, 4) is 0 Å². The molecule has 2 aromatic rings. The van der Waals surface area contributed by atoms with Gasteiger partial charge < -0.3 is 5.11 Å². The number of carboxylic acid groups (broad SMARTS) is 1. The van der Waals surface area contributed by atoms with Gasteiger partial charge in [0, 0.05) is 17.8 Å². The maximum atomic E-state index is 11.1. The number of benzene rings is 1. The number of hydrogen-bond donors (Lipinski definition) is 1. The van der Waals surface area contributed by atoms with Crippen LogP contribution in [-0.4, -0.2) is 27.3 Å². The van der Waals surface area contributed by atoms with E-state index in [-0.39, 0.29) is 26.7 Å². The zero-order valence-corrected chi connectivity index (χ0v) is 11.2. The van der Waals surface area contributed by atoms with E-state index in [1.54, 1.807) is 0 Å². The van der Waals surface area contributed by atoms with Gasteiger partial charge in [-0.1, -0.05) is 17.8 Å². The van der Waals surface area contributed by atoms with Crippen molar-refractivity contribution < 1.29 is 19.6 Å². The van der Waals surface area contributed by atoms with Gasteiger partial charge in [-0.3, -0.25) is 14.9 Å². The first-order valence-electron chi connectivity index (χ1n) is 5.62. The van der Waals surface area contributed by atoms with Crippen molar-refractivity contribution in [2.75, 3.05) is 0 Å². The van der Waals surface area contributed by atoms with Gasteiger partial charge in [0.15, 0.2) is 0 Å². The molecule has 106 valence electrons. The Bertz CT molecular complexity index is 732. The molecule has 0 bridgehead atoms. The Morgan fingerprint density at radius 1 is 1.38 bits per heavy atom. The van der Waals surface area contributed by atoms with Crippen LogP contribution >= 0.6 is 11.8 Å². The molecule has 8 heteroatoms. The molecule has 1 aromatic carbocycles. The minimum atomic E-state index is -1.17. The normalized spacial score (nSPS) is 10.1. The Labute approximate surface area is 122 Å². The van der Waals surface area contributed by atoms with Crippen molar-refractivity contribution in [1.82, 2.24) is 4.98 Å². The lowest BCUT2D eigenvalue weighted by Gasteiger charge is -2.05. The van der Waals surface area contributed by atoms with Gasteiger partial charge in [0.25, 0.3) is 5.69 Å². The van der Waals surface area contributed by atoms with Gasteiger partial charge in [0.2, 0.25) is 0 Å². The molecule has 0 atom stereocenters. The summed E-state index contributed by atoms with van der Waals surface area (Å²) < 4.78 is 0. The number of aldehydes is 1. The van der Waals surface area contributed by atoms with Crippen LogP contribution in [0.3, 0.4) is 0 Å². The van der Waals surface area contributed by atoms with Gasteiger partial charge >= 0.3 is 5.97 Å². The Morgan fingerprint density at radius 3 is 2.76 bits per heavy atom. The lowest BCUT2D eigenvalue weighted by molar-refractivity contribution is -0.387. The van der Waals surface area contributed by atoms with Gasteiger partial charge in [-0.15, -0.1) is 0 Å². The molecule has 0 saturated heterocycles. The molecule has 1 N–H and O–H groups in total. The SMILES string of the molecule is O=Cc1ccc(Sc2ncccc2C(=O)O)c([N+](=O)[O-])c1. The molecular weight excluding hydrogens is 296 g/mol. The number of pyridine rings is 1. The van der Waals surface area contributed by atoms with Gasteiger partial charge in [0.05, 0.1) is 15.4 Å². The summed E-state index contributed by atoms with van der Waals surface area (Å²) in [5.41, 5.74) is -0.145. The van der Waals surface area contributed by atoms with E-state index in [2.05, 4.69) is 4.98 Å². The van der Waals surface area contributed by atoms with E-state index in [0.717, 1.165) is 17.8 Å². The summed E-state index contributed by atoms with van der Waals surface area (Å²) in [5.74, 6) is -1.17. The van der Waals surface area contributed by atoms with E-state index in [4.69, 9.17) is 5.11 Å². The fourth-order valence-corrected chi connectivity index (χ4v) is 2.54. The highest BCUT2D eigenvalue weighted by Crippen LogP contribution is 2.35. The highest BCUT2D eigenvalue weighted by atomic mass is 32.2. The van der Waals surface area contributed by atoms with E-state index in [0.29, 0.717) is 6.29 Å². The summed E-state index contributed by atoms with van der Waals surface area (Å²) >= 11 is 0.867. The number of aromatic carboxylic acids is 1. The van der Waals surface area contributed by atoms with Crippen LogP contribution in [0.15, 0.2) is 46.5 Å². The molecule has 21 heavy (non-hydrogen) atoms. The number of nitro benzene ring substituents is 1. The Kier molecular flexibility index (Phi) is 4.29. The maximum absolute atomic E-state index is 11.1. The van der Waals surface area contributed by atoms with E-state index in [1.807, 2.05) is 0 Å². The van der Waals surface area contributed by atoms with Crippen LogP contribution < -0.4 is 0 Å². The molecule has 0 fully saturated rings. The van der Waals surface area contributed by atoms with Gasteiger partial charge in [-0.05, 0) is 18.2 Å². The van der Waals surface area contributed by atoms with E-state index < -0.39 is 10.9 Å². The third kappa shape index (κ3) is 3.23. The van der Waals surface area contributed by atoms with Crippen LogP contribution in [0.1, 0.15) is 20.7 Å². The third-order valence-electron chi connectivity index (χ3n) is 2.52. The van der Waals surface area contributed by atoms with E-state index in [1.165, 1.54) is 30.5 Å². The average molecular weight is 304 g/mol. The second kappa shape index (κ2) is 6.14. The first kappa shape index (κ1) is 14.7. The highest BCUT2D eigenvalue weighted by Gasteiger charge is 2.19. The number of hydrogen-bond acceptors (Lipinski definition) is 6. The van der Waals surface area contributed by atoms with Crippen LogP contribution in [-0.2, 0) is 0 Å². The molecule has 7 nitrogen and oxygen atoms in total. The van der Waals surface area contributed by atoms with Crippen molar-refractivity contribution in [3.05, 3.63) is 57.8 Å². The molecule has 0 aliphatic heterocycles. The van der Waals surface area contributed by atoms with Crippen molar-refractivity contribution in [2.45, 2.75) is 9.92 Å². The first-order valence-corrected chi connectivity index (χ1v) is 6.44. The van der Waals surface area contributed by atoms with Crippen molar-refractivity contribution in [1.29, 1.82) is 0 Å². The largest absolute Gasteiger partial charge is 0.478 e. The molecule has 1 heterocycles. The molecule has 1 aromatic heterocycles. The summed E-state index contributed by atoms with van der Waals surface area (Å²) in [6.45, 7) is 0. The second-order valence-electron chi connectivity index (χ2n) is 3.87. The van der Waals surface area contributed by atoms with E-state index >= 15 is 0 Å². The predicted octanol–water partition coefficient (Wildman–Crippen LogP) is 2.65. The minimum Gasteiger partial charge on any atom is -0.478 e. The molecule has 0 aliphatic rings. The standard InChI is InChI=1S/C13H8N2O5S/c16-7-8-3-4-11(10(6-8)15(19)20)21-12-9(13(17)18)2-1-5-14-12/h1-7H,(H,17,18). The average Bonchev–Trinajstić information content (AvgIpc) is 2.47. The van der Waals surface area contributed by atoms with Gasteiger partial charge in [0.1, 0.15) is 11.3 Å². The van der Waals surface area contributed by atoms with Crippen LogP contribution in [0.25, 0.3) is 0 Å². The fraction of sp³-hybridized carbons (Fsp3) is 0. The zero-order chi connectivity index (χ0) is 15.4. The Hall–Kier alpha value is -2.74. The number of nitrogens with zero attached hydrogens (tertiary/aromatic N) is 2. The van der Waals surface area contributed by atoms with Gasteiger partial charge in [-0.2, -0.15) is 0 Å². The molecule has 0 radical (unpaired) electrons. The molecule has 0 amide bonds. The minimum absolute atomic E-state index is 0.0451. The predicted molar refractivity (Wildman–Crippen MR) is 73.8 cm³/mol. The summed E-state index contributed by atoms with van der Waals surface area (Å²) in [7, 11) is 0. The maximum Gasteiger partial charge on any atom is 0.338 e. The van der Waals surface area contributed by atoms with Crippen LogP contribution in [0.2, 0.25) is 0 Å². The summed E-state index contributed by atoms with van der Waals surface area (Å²) in [6.07, 6.45) is 1.91. The monoisotopic (exact) mass is 304 g/mol. The van der Waals surface area contributed by atoms with E-state index in [9.17, 15) is 19.7 Å². The van der Waals surface area contributed by atoms with Crippen LogP contribution in [0.5, 0.6) is 0 Å². The topological polar surface area (TPSA) is 110 Å². The number of carboxylic acids is 1. The quantitative estimate of drug-likeness (QED) is 0.513. The van der Waals surface area contributed by atoms with Crippen LogP contribution in [0.4, 0.5) is 5.69 Å². The smallest absolute Gasteiger partial charge is 0.338 e. The summed E-state index contributed by atoms with van der Waals surface area (Å²) in [5, 5.41) is 20.3. The summed E-state index contributed by atoms with van der Waals surface area (Å²) in [6, 6.07) is 6.79. The number of rotatable bonds is 5. The lowest BCUT2D eigenvalue weighted by Crippen LogP contribution is -2.00. The number of aromatic nitrogens is 1. The number of carbonyl (C=O) groups is 2. The fourth-order valence-electron chi connectivity index (χ4n) is 1.58. The van der Waals surface area contributed by atoms with Gasteiger partial charge in [-0.25, -0.2) is 9.78 Å². The number of carbonyl (C=O) groups excluding carboxylic acids is 1. The third-order valence-corrected chi connectivity index (χ3v) is 3.61. The lowest BCUT2D eigenvalue weighted by atomic mass is 10.2. The molecule has 2 rings (SSSR count). The Morgan fingerprint density at radius 2 is 2.14 bits per heavy atom. The molecule has 0 aliphatic carbocycles. The highest BCUT2D eigenvalue weighted by molar-refractivity contribution is 7.99. The molecule has 0 spiro atoms. The number of nitro groups is 1. The summed E-state index contributed by atoms with van der Waals surface area (Å²) in [4.78, 5) is 36.3. The van der Waals surface area contributed by atoms with Crippen molar-refractivity contribution in [3.63, 3.8) is 0 Å². The Balaban J connectivity index is 2.47. The molecule has 0 unspecified atom stereocenters. The van der Waals surface area contributed by atoms with Crippen molar-refractivity contribution >= 4 is 29.7 Å².